The van der Waals surface area contributed by atoms with Crippen LogP contribution in [0, 0.1) is 20.8 Å². The Morgan fingerprint density at radius 3 is 2.30 bits per heavy atom. The molecule has 160 valence electrons. The molecule has 1 fully saturated rings. The number of piperazine rings is 1. The van der Waals surface area contributed by atoms with Crippen molar-refractivity contribution in [3.63, 3.8) is 0 Å². The van der Waals surface area contributed by atoms with E-state index in [1.165, 1.54) is 29.3 Å². The molecule has 3 rings (SSSR count). The average Bonchev–Trinajstić information content (AvgIpc) is 2.73. The Kier molecular flexibility index (Phi) is 7.43. The van der Waals surface area contributed by atoms with Crippen molar-refractivity contribution in [2.45, 2.75) is 38.6 Å². The highest BCUT2D eigenvalue weighted by Gasteiger charge is 2.28. The second kappa shape index (κ2) is 10.0. The molecule has 1 aliphatic rings. The van der Waals surface area contributed by atoms with Gasteiger partial charge in [0.15, 0.2) is 0 Å². The van der Waals surface area contributed by atoms with Crippen molar-refractivity contribution in [3.05, 3.63) is 59.2 Å². The zero-order valence-electron chi connectivity index (χ0n) is 18.3. The van der Waals surface area contributed by atoms with Gasteiger partial charge in [0.25, 0.3) is 0 Å². The maximum absolute atomic E-state index is 13.2. The standard InChI is InChI=1S/C24H31N3O2S/c1-17-8-10-21(11-9-17)30-16-22(25-20(4)28)24(29)27-14-12-26(13-15-27)23-7-5-6-18(2)19(23)3/h5-11,22H,12-16H2,1-4H3,(H,25,28). The van der Waals surface area contributed by atoms with Gasteiger partial charge in [-0.15, -0.1) is 11.8 Å². The van der Waals surface area contributed by atoms with E-state index in [4.69, 9.17) is 0 Å². The van der Waals surface area contributed by atoms with Crippen LogP contribution in [0.4, 0.5) is 5.69 Å². The second-order valence-electron chi connectivity index (χ2n) is 7.91. The number of nitrogens with one attached hydrogen (secondary N) is 1. The topological polar surface area (TPSA) is 52.7 Å². The molecule has 5 nitrogen and oxygen atoms in total. The van der Waals surface area contributed by atoms with Gasteiger partial charge in [-0.2, -0.15) is 0 Å². The third-order valence-electron chi connectivity index (χ3n) is 5.62. The molecule has 0 saturated carbocycles. The first-order valence-electron chi connectivity index (χ1n) is 10.4. The quantitative estimate of drug-likeness (QED) is 0.719. The smallest absolute Gasteiger partial charge is 0.246 e. The summed E-state index contributed by atoms with van der Waals surface area (Å²) in [6, 6.07) is 14.1. The first-order valence-corrected chi connectivity index (χ1v) is 11.4. The fraction of sp³-hybridized carbons (Fsp3) is 0.417. The number of aryl methyl sites for hydroxylation is 2. The number of rotatable bonds is 6. The van der Waals surface area contributed by atoms with E-state index >= 15 is 0 Å². The van der Waals surface area contributed by atoms with Crippen LogP contribution < -0.4 is 10.2 Å². The van der Waals surface area contributed by atoms with E-state index in [-0.39, 0.29) is 11.8 Å². The number of amides is 2. The van der Waals surface area contributed by atoms with E-state index in [1.807, 2.05) is 4.90 Å². The highest BCUT2D eigenvalue weighted by Crippen LogP contribution is 2.24. The van der Waals surface area contributed by atoms with Crippen LogP contribution in [-0.2, 0) is 9.59 Å². The molecule has 6 heteroatoms. The predicted octanol–water partition coefficient (Wildman–Crippen LogP) is 3.56. The molecule has 1 aliphatic heterocycles. The van der Waals surface area contributed by atoms with Crippen LogP contribution in [0.15, 0.2) is 47.4 Å². The lowest BCUT2D eigenvalue weighted by molar-refractivity contribution is -0.135. The predicted molar refractivity (Wildman–Crippen MR) is 124 cm³/mol. The summed E-state index contributed by atoms with van der Waals surface area (Å²) in [6.07, 6.45) is 0. The molecule has 30 heavy (non-hydrogen) atoms. The van der Waals surface area contributed by atoms with E-state index in [1.54, 1.807) is 11.8 Å². The zero-order valence-corrected chi connectivity index (χ0v) is 19.1. The van der Waals surface area contributed by atoms with Crippen molar-refractivity contribution in [1.82, 2.24) is 10.2 Å². The molecule has 0 bridgehead atoms. The Hall–Kier alpha value is -2.47. The Labute approximate surface area is 183 Å². The fourth-order valence-corrected chi connectivity index (χ4v) is 4.61. The number of hydrogen-bond acceptors (Lipinski definition) is 4. The maximum Gasteiger partial charge on any atom is 0.246 e. The molecule has 1 N–H and O–H groups in total. The molecular formula is C24H31N3O2S. The molecular weight excluding hydrogens is 394 g/mol. The molecule has 0 aliphatic carbocycles. The molecule has 1 unspecified atom stereocenters. The number of benzene rings is 2. The van der Waals surface area contributed by atoms with Gasteiger partial charge in [0.1, 0.15) is 6.04 Å². The van der Waals surface area contributed by atoms with Crippen molar-refractivity contribution in [3.8, 4) is 0 Å². The van der Waals surface area contributed by atoms with Gasteiger partial charge in [-0.1, -0.05) is 29.8 Å². The molecule has 0 aromatic heterocycles. The van der Waals surface area contributed by atoms with Crippen LogP contribution in [0.25, 0.3) is 0 Å². The maximum atomic E-state index is 13.2. The van der Waals surface area contributed by atoms with Crippen LogP contribution in [0.2, 0.25) is 0 Å². The summed E-state index contributed by atoms with van der Waals surface area (Å²) in [5.41, 5.74) is 5.03. The Morgan fingerprint density at radius 2 is 1.67 bits per heavy atom. The van der Waals surface area contributed by atoms with Crippen molar-refractivity contribution in [1.29, 1.82) is 0 Å². The molecule has 0 spiro atoms. The van der Waals surface area contributed by atoms with Crippen LogP contribution >= 0.6 is 11.8 Å². The van der Waals surface area contributed by atoms with Gasteiger partial charge in [-0.25, -0.2) is 0 Å². The second-order valence-corrected chi connectivity index (χ2v) is 9.00. The van der Waals surface area contributed by atoms with Gasteiger partial charge < -0.3 is 15.1 Å². The molecule has 2 aromatic carbocycles. The Balaban J connectivity index is 1.61. The number of nitrogens with zero attached hydrogens (tertiary/aromatic N) is 2. The number of hydrogen-bond donors (Lipinski definition) is 1. The summed E-state index contributed by atoms with van der Waals surface area (Å²) in [7, 11) is 0. The van der Waals surface area contributed by atoms with Crippen molar-refractivity contribution >= 4 is 29.3 Å². The monoisotopic (exact) mass is 425 g/mol. The summed E-state index contributed by atoms with van der Waals surface area (Å²) < 4.78 is 0. The molecule has 2 aromatic rings. The number of thioether (sulfide) groups is 1. The third kappa shape index (κ3) is 5.57. The largest absolute Gasteiger partial charge is 0.368 e. The first kappa shape index (κ1) is 22.2. The van der Waals surface area contributed by atoms with Crippen LogP contribution in [-0.4, -0.2) is 54.7 Å². The highest BCUT2D eigenvalue weighted by atomic mass is 32.2. The number of anilines is 1. The normalized spacial score (nSPS) is 15.1. The minimum Gasteiger partial charge on any atom is -0.368 e. The zero-order chi connectivity index (χ0) is 21.7. The van der Waals surface area contributed by atoms with Gasteiger partial charge in [-0.3, -0.25) is 9.59 Å². The first-order chi connectivity index (χ1) is 14.3. The van der Waals surface area contributed by atoms with E-state index in [2.05, 4.69) is 73.5 Å². The molecule has 2 amide bonds. The molecule has 0 radical (unpaired) electrons. The lowest BCUT2D eigenvalue weighted by Crippen LogP contribution is -2.55. The minimum atomic E-state index is -0.513. The van der Waals surface area contributed by atoms with E-state index < -0.39 is 6.04 Å². The van der Waals surface area contributed by atoms with Gasteiger partial charge in [0.05, 0.1) is 0 Å². The van der Waals surface area contributed by atoms with Crippen molar-refractivity contribution in [2.75, 3.05) is 36.8 Å². The lowest BCUT2D eigenvalue weighted by Gasteiger charge is -2.38. The van der Waals surface area contributed by atoms with Crippen molar-refractivity contribution < 1.29 is 9.59 Å². The minimum absolute atomic E-state index is 0.00502. The van der Waals surface area contributed by atoms with Gasteiger partial charge in [0, 0.05) is 49.4 Å². The number of carbonyl (C=O) groups excluding carboxylic acids is 2. The fourth-order valence-electron chi connectivity index (χ4n) is 3.70. The summed E-state index contributed by atoms with van der Waals surface area (Å²) >= 11 is 1.60. The summed E-state index contributed by atoms with van der Waals surface area (Å²) in [4.78, 5) is 30.2. The average molecular weight is 426 g/mol. The summed E-state index contributed by atoms with van der Waals surface area (Å²) in [5, 5.41) is 2.85. The van der Waals surface area contributed by atoms with Gasteiger partial charge in [0.2, 0.25) is 11.8 Å². The van der Waals surface area contributed by atoms with Gasteiger partial charge >= 0.3 is 0 Å². The lowest BCUT2D eigenvalue weighted by atomic mass is 10.1. The van der Waals surface area contributed by atoms with E-state index in [9.17, 15) is 9.59 Å². The highest BCUT2D eigenvalue weighted by molar-refractivity contribution is 7.99. The van der Waals surface area contributed by atoms with Gasteiger partial charge in [-0.05, 0) is 50.1 Å². The van der Waals surface area contributed by atoms with E-state index in [0.717, 1.165) is 18.0 Å². The molecule has 1 heterocycles. The molecule has 1 atom stereocenters. The Morgan fingerprint density at radius 1 is 1.00 bits per heavy atom. The summed E-state index contributed by atoms with van der Waals surface area (Å²) in [6.45, 7) is 10.7. The Bertz CT molecular complexity index is 890. The molecule has 1 saturated heterocycles. The van der Waals surface area contributed by atoms with Crippen LogP contribution in [0.5, 0.6) is 0 Å². The third-order valence-corrected chi connectivity index (χ3v) is 6.73. The SMILES string of the molecule is CC(=O)NC(CSc1ccc(C)cc1)C(=O)N1CCN(c2cccc(C)c2C)CC1. The summed E-state index contributed by atoms with van der Waals surface area (Å²) in [5.74, 6) is 0.357. The number of carbonyl (C=O) groups is 2. The van der Waals surface area contributed by atoms with E-state index in [0.29, 0.717) is 18.8 Å². The van der Waals surface area contributed by atoms with Crippen LogP contribution in [0.1, 0.15) is 23.6 Å². The van der Waals surface area contributed by atoms with Crippen LogP contribution in [0.3, 0.4) is 0 Å². The van der Waals surface area contributed by atoms with Crippen molar-refractivity contribution in [2.24, 2.45) is 0 Å².